The maximum atomic E-state index is 12.5. The van der Waals surface area contributed by atoms with Crippen LogP contribution in [0.5, 0.6) is 5.75 Å². The summed E-state index contributed by atoms with van der Waals surface area (Å²) in [6.45, 7) is 5.93. The van der Waals surface area contributed by atoms with Crippen LogP contribution in [0.25, 0.3) is 0 Å². The Bertz CT molecular complexity index is 768. The molecule has 1 aromatic carbocycles. The molecule has 0 saturated carbocycles. The number of benzene rings is 1. The Labute approximate surface area is 147 Å². The largest absolute Gasteiger partial charge is 0.484 e. The number of nitrogens with zero attached hydrogens (tertiary/aromatic N) is 2. The summed E-state index contributed by atoms with van der Waals surface area (Å²) in [6.07, 6.45) is 0. The number of carbonyl (C=O) groups excluding carboxylic acids is 1. The summed E-state index contributed by atoms with van der Waals surface area (Å²) in [6, 6.07) is 12.2. The summed E-state index contributed by atoms with van der Waals surface area (Å²) in [4.78, 5) is 14.0. The Morgan fingerprint density at radius 2 is 2.04 bits per heavy atom. The SMILES string of the molecule is CCN(CC(C)(C)O)C(=O)c1ccc(COc2ccccc2C#N)o1. The highest BCUT2D eigenvalue weighted by atomic mass is 16.5. The third kappa shape index (κ3) is 5.10. The van der Waals surface area contributed by atoms with E-state index < -0.39 is 5.60 Å². The molecule has 6 nitrogen and oxygen atoms in total. The summed E-state index contributed by atoms with van der Waals surface area (Å²) >= 11 is 0. The molecule has 0 fully saturated rings. The van der Waals surface area contributed by atoms with E-state index in [-0.39, 0.29) is 24.8 Å². The summed E-state index contributed by atoms with van der Waals surface area (Å²) in [5.74, 6) is 0.855. The molecule has 25 heavy (non-hydrogen) atoms. The fraction of sp³-hybridized carbons (Fsp3) is 0.368. The first-order valence-corrected chi connectivity index (χ1v) is 8.06. The summed E-state index contributed by atoms with van der Waals surface area (Å²) in [5.41, 5.74) is -0.543. The van der Waals surface area contributed by atoms with Gasteiger partial charge in [-0.1, -0.05) is 12.1 Å². The third-order valence-corrected chi connectivity index (χ3v) is 3.50. The molecule has 0 radical (unpaired) electrons. The first kappa shape index (κ1) is 18.6. The highest BCUT2D eigenvalue weighted by Crippen LogP contribution is 2.19. The fourth-order valence-electron chi connectivity index (χ4n) is 2.35. The molecule has 0 bridgehead atoms. The van der Waals surface area contributed by atoms with Gasteiger partial charge in [0.25, 0.3) is 5.91 Å². The first-order valence-electron chi connectivity index (χ1n) is 8.06. The molecule has 1 amide bonds. The van der Waals surface area contributed by atoms with Gasteiger partial charge in [0.15, 0.2) is 5.76 Å². The zero-order chi connectivity index (χ0) is 18.4. The molecule has 132 valence electrons. The van der Waals surface area contributed by atoms with Crippen LogP contribution in [0.1, 0.15) is 42.6 Å². The minimum absolute atomic E-state index is 0.115. The predicted molar refractivity (Wildman–Crippen MR) is 92.1 cm³/mol. The van der Waals surface area contributed by atoms with Gasteiger partial charge < -0.3 is 19.2 Å². The number of para-hydroxylation sites is 1. The minimum Gasteiger partial charge on any atom is -0.484 e. The van der Waals surface area contributed by atoms with Crippen molar-refractivity contribution in [2.24, 2.45) is 0 Å². The Kier molecular flexibility index (Phi) is 5.84. The zero-order valence-electron chi connectivity index (χ0n) is 14.7. The molecular formula is C19H22N2O4. The molecule has 0 aliphatic heterocycles. The summed E-state index contributed by atoms with van der Waals surface area (Å²) < 4.78 is 11.2. The molecule has 0 aliphatic rings. The van der Waals surface area contributed by atoms with Crippen molar-refractivity contribution in [3.63, 3.8) is 0 Å². The van der Waals surface area contributed by atoms with Gasteiger partial charge in [0.1, 0.15) is 24.2 Å². The van der Waals surface area contributed by atoms with E-state index in [1.807, 2.05) is 6.92 Å². The highest BCUT2D eigenvalue weighted by molar-refractivity contribution is 5.91. The molecule has 1 aromatic heterocycles. The van der Waals surface area contributed by atoms with Crippen LogP contribution < -0.4 is 4.74 Å². The van der Waals surface area contributed by atoms with Gasteiger partial charge in [0.05, 0.1) is 11.2 Å². The Hall–Kier alpha value is -2.78. The van der Waals surface area contributed by atoms with Crippen molar-refractivity contribution in [2.45, 2.75) is 33.0 Å². The number of ether oxygens (including phenoxy) is 1. The molecule has 2 rings (SSSR count). The maximum Gasteiger partial charge on any atom is 0.289 e. The number of likely N-dealkylation sites (N-methyl/N-ethyl adjacent to an activating group) is 1. The molecular weight excluding hydrogens is 320 g/mol. The highest BCUT2D eigenvalue weighted by Gasteiger charge is 2.24. The molecule has 0 spiro atoms. The summed E-state index contributed by atoms with van der Waals surface area (Å²) in [5, 5.41) is 19.0. The molecule has 0 unspecified atom stereocenters. The molecule has 1 N–H and O–H groups in total. The van der Waals surface area contributed by atoms with Crippen molar-refractivity contribution >= 4 is 5.91 Å². The van der Waals surface area contributed by atoms with Crippen LogP contribution >= 0.6 is 0 Å². The van der Waals surface area contributed by atoms with E-state index in [0.29, 0.717) is 23.6 Å². The fourth-order valence-corrected chi connectivity index (χ4v) is 2.35. The van der Waals surface area contributed by atoms with E-state index in [1.165, 1.54) is 4.90 Å². The van der Waals surface area contributed by atoms with Crippen molar-refractivity contribution in [3.8, 4) is 11.8 Å². The van der Waals surface area contributed by atoms with Crippen molar-refractivity contribution in [1.82, 2.24) is 4.90 Å². The van der Waals surface area contributed by atoms with Crippen LogP contribution in [0.3, 0.4) is 0 Å². The number of nitriles is 1. The number of rotatable bonds is 7. The van der Waals surface area contributed by atoms with Gasteiger partial charge >= 0.3 is 0 Å². The molecule has 0 atom stereocenters. The zero-order valence-corrected chi connectivity index (χ0v) is 14.7. The van der Waals surface area contributed by atoms with Crippen molar-refractivity contribution < 1.29 is 19.1 Å². The number of aliphatic hydroxyl groups is 1. The van der Waals surface area contributed by atoms with Gasteiger partial charge in [0.2, 0.25) is 0 Å². The molecule has 1 heterocycles. The lowest BCUT2D eigenvalue weighted by Crippen LogP contribution is -2.42. The molecule has 0 aliphatic carbocycles. The lowest BCUT2D eigenvalue weighted by Gasteiger charge is -2.27. The second kappa shape index (κ2) is 7.86. The number of hydrogen-bond donors (Lipinski definition) is 1. The van der Waals surface area contributed by atoms with Crippen LogP contribution in [0.4, 0.5) is 0 Å². The third-order valence-electron chi connectivity index (χ3n) is 3.50. The van der Waals surface area contributed by atoms with E-state index in [2.05, 4.69) is 6.07 Å². The van der Waals surface area contributed by atoms with Crippen molar-refractivity contribution in [2.75, 3.05) is 13.1 Å². The average molecular weight is 342 g/mol. The van der Waals surface area contributed by atoms with Crippen molar-refractivity contribution in [3.05, 3.63) is 53.5 Å². The van der Waals surface area contributed by atoms with Crippen LogP contribution in [0.15, 0.2) is 40.8 Å². The van der Waals surface area contributed by atoms with Crippen LogP contribution in [0.2, 0.25) is 0 Å². The second-order valence-corrected chi connectivity index (χ2v) is 6.29. The topological polar surface area (TPSA) is 86.7 Å². The Morgan fingerprint density at radius 3 is 2.68 bits per heavy atom. The quantitative estimate of drug-likeness (QED) is 0.836. The number of amides is 1. The lowest BCUT2D eigenvalue weighted by molar-refractivity contribution is 0.0297. The van der Waals surface area contributed by atoms with Crippen molar-refractivity contribution in [1.29, 1.82) is 5.26 Å². The minimum atomic E-state index is -0.981. The standard InChI is InChI=1S/C19H22N2O4/c1-4-21(13-19(2,3)23)18(22)17-10-9-15(25-17)12-24-16-8-6-5-7-14(16)11-20/h5-10,23H,4,12-13H2,1-3H3. The van der Waals surface area contributed by atoms with Gasteiger partial charge in [-0.15, -0.1) is 0 Å². The van der Waals surface area contributed by atoms with Gasteiger partial charge in [-0.3, -0.25) is 4.79 Å². The average Bonchev–Trinajstić information content (AvgIpc) is 3.05. The normalized spacial score (nSPS) is 11.0. The first-order chi connectivity index (χ1) is 11.8. The van der Waals surface area contributed by atoms with Gasteiger partial charge in [-0.05, 0) is 45.0 Å². The van der Waals surface area contributed by atoms with E-state index in [1.54, 1.807) is 50.2 Å². The van der Waals surface area contributed by atoms with Gasteiger partial charge in [0, 0.05) is 13.1 Å². The van der Waals surface area contributed by atoms with E-state index in [4.69, 9.17) is 14.4 Å². The Morgan fingerprint density at radius 1 is 1.32 bits per heavy atom. The predicted octanol–water partition coefficient (Wildman–Crippen LogP) is 2.96. The monoisotopic (exact) mass is 342 g/mol. The number of hydrogen-bond acceptors (Lipinski definition) is 5. The smallest absolute Gasteiger partial charge is 0.289 e. The number of carbonyl (C=O) groups is 1. The molecule has 6 heteroatoms. The van der Waals surface area contributed by atoms with E-state index >= 15 is 0 Å². The second-order valence-electron chi connectivity index (χ2n) is 6.29. The van der Waals surface area contributed by atoms with E-state index in [0.717, 1.165) is 0 Å². The molecule has 2 aromatic rings. The van der Waals surface area contributed by atoms with E-state index in [9.17, 15) is 9.90 Å². The lowest BCUT2D eigenvalue weighted by atomic mass is 10.1. The van der Waals surface area contributed by atoms with Crippen LogP contribution in [-0.4, -0.2) is 34.6 Å². The van der Waals surface area contributed by atoms with Gasteiger partial charge in [-0.25, -0.2) is 0 Å². The van der Waals surface area contributed by atoms with Crippen LogP contribution in [0, 0.1) is 11.3 Å². The summed E-state index contributed by atoms with van der Waals surface area (Å²) in [7, 11) is 0. The maximum absolute atomic E-state index is 12.5. The number of furan rings is 1. The molecule has 0 saturated heterocycles. The Balaban J connectivity index is 2.04. The van der Waals surface area contributed by atoms with Gasteiger partial charge in [-0.2, -0.15) is 5.26 Å². The van der Waals surface area contributed by atoms with Crippen LogP contribution in [-0.2, 0) is 6.61 Å².